The Balaban J connectivity index is 1.86. The molecule has 6 heteroatoms. The Kier molecular flexibility index (Phi) is 5.22. The van der Waals surface area contributed by atoms with Crippen LogP contribution >= 0.6 is 15.9 Å². The SMILES string of the molecule is CC1CN(C(=O)COc2cccc(Br)c2)CCC1C(=O)O. The Bertz CT molecular complexity index is 534. The van der Waals surface area contributed by atoms with Gasteiger partial charge >= 0.3 is 5.97 Å². The van der Waals surface area contributed by atoms with Gasteiger partial charge in [0.15, 0.2) is 6.61 Å². The molecule has 0 spiro atoms. The summed E-state index contributed by atoms with van der Waals surface area (Å²) in [7, 11) is 0. The van der Waals surface area contributed by atoms with Crippen LogP contribution in [0.1, 0.15) is 13.3 Å². The van der Waals surface area contributed by atoms with Crippen molar-refractivity contribution in [3.63, 3.8) is 0 Å². The maximum atomic E-state index is 12.1. The Morgan fingerprint density at radius 3 is 2.86 bits per heavy atom. The Hall–Kier alpha value is -1.56. The lowest BCUT2D eigenvalue weighted by molar-refractivity contribution is -0.148. The van der Waals surface area contributed by atoms with Crippen molar-refractivity contribution in [2.45, 2.75) is 13.3 Å². The molecule has 1 aliphatic rings. The molecule has 0 aromatic heterocycles. The third-order valence-electron chi connectivity index (χ3n) is 3.73. The average Bonchev–Trinajstić information content (AvgIpc) is 2.44. The lowest BCUT2D eigenvalue weighted by atomic mass is 9.87. The zero-order valence-electron chi connectivity index (χ0n) is 11.8. The van der Waals surface area contributed by atoms with Crippen LogP contribution in [0.5, 0.6) is 5.75 Å². The number of carbonyl (C=O) groups excluding carboxylic acids is 1. The second-order valence-electron chi connectivity index (χ2n) is 5.30. The maximum Gasteiger partial charge on any atom is 0.306 e. The molecule has 1 heterocycles. The molecule has 5 nitrogen and oxygen atoms in total. The molecule has 1 amide bonds. The number of aliphatic carboxylic acids is 1. The molecule has 0 saturated carbocycles. The van der Waals surface area contributed by atoms with Crippen molar-refractivity contribution < 1.29 is 19.4 Å². The van der Waals surface area contributed by atoms with Crippen LogP contribution in [-0.4, -0.2) is 41.6 Å². The summed E-state index contributed by atoms with van der Waals surface area (Å²) in [5, 5.41) is 9.08. The number of likely N-dealkylation sites (tertiary alicyclic amines) is 1. The summed E-state index contributed by atoms with van der Waals surface area (Å²) in [4.78, 5) is 24.9. The zero-order chi connectivity index (χ0) is 15.4. The highest BCUT2D eigenvalue weighted by Crippen LogP contribution is 2.24. The first-order chi connectivity index (χ1) is 9.97. The van der Waals surface area contributed by atoms with Gasteiger partial charge in [0.1, 0.15) is 5.75 Å². The molecule has 2 rings (SSSR count). The first-order valence-electron chi connectivity index (χ1n) is 6.86. The number of rotatable bonds is 4. The van der Waals surface area contributed by atoms with Crippen molar-refractivity contribution in [2.24, 2.45) is 11.8 Å². The fourth-order valence-corrected chi connectivity index (χ4v) is 2.91. The van der Waals surface area contributed by atoms with Gasteiger partial charge in [-0.1, -0.05) is 28.9 Å². The number of carboxylic acid groups (broad SMARTS) is 1. The number of halogens is 1. The van der Waals surface area contributed by atoms with E-state index in [-0.39, 0.29) is 24.3 Å². The maximum absolute atomic E-state index is 12.1. The predicted molar refractivity (Wildman–Crippen MR) is 81.1 cm³/mol. The van der Waals surface area contributed by atoms with Crippen LogP contribution in [0.15, 0.2) is 28.7 Å². The first-order valence-corrected chi connectivity index (χ1v) is 7.65. The van der Waals surface area contributed by atoms with Crippen molar-refractivity contribution in [3.8, 4) is 5.75 Å². The highest BCUT2D eigenvalue weighted by Gasteiger charge is 2.32. The van der Waals surface area contributed by atoms with E-state index in [0.717, 1.165) is 4.47 Å². The van der Waals surface area contributed by atoms with Crippen LogP contribution in [0.25, 0.3) is 0 Å². The number of amides is 1. The van der Waals surface area contributed by atoms with Crippen molar-refractivity contribution >= 4 is 27.8 Å². The molecule has 2 unspecified atom stereocenters. The summed E-state index contributed by atoms with van der Waals surface area (Å²) in [5.74, 6) is -0.650. The number of piperidine rings is 1. The van der Waals surface area contributed by atoms with E-state index < -0.39 is 5.97 Å². The fourth-order valence-electron chi connectivity index (χ4n) is 2.53. The smallest absolute Gasteiger partial charge is 0.306 e. The molecule has 1 aliphatic heterocycles. The standard InChI is InChI=1S/C15H18BrNO4/c1-10-8-17(6-5-13(10)15(19)20)14(18)9-21-12-4-2-3-11(16)7-12/h2-4,7,10,13H,5-6,8-9H2,1H3,(H,19,20). The van der Waals surface area contributed by atoms with E-state index in [2.05, 4.69) is 15.9 Å². The van der Waals surface area contributed by atoms with Crippen molar-refractivity contribution in [1.29, 1.82) is 0 Å². The van der Waals surface area contributed by atoms with E-state index in [1.165, 1.54) is 0 Å². The molecule has 2 atom stereocenters. The second kappa shape index (κ2) is 6.93. The minimum Gasteiger partial charge on any atom is -0.484 e. The normalized spacial score (nSPS) is 21.9. The summed E-state index contributed by atoms with van der Waals surface area (Å²) in [6.45, 7) is 2.79. The molecule has 1 aromatic rings. The van der Waals surface area contributed by atoms with Crippen LogP contribution in [0.2, 0.25) is 0 Å². The van der Waals surface area contributed by atoms with Gasteiger partial charge in [0.2, 0.25) is 0 Å². The van der Waals surface area contributed by atoms with Gasteiger partial charge in [-0.15, -0.1) is 0 Å². The topological polar surface area (TPSA) is 66.8 Å². The third kappa shape index (κ3) is 4.20. The number of benzene rings is 1. The Morgan fingerprint density at radius 1 is 1.48 bits per heavy atom. The Morgan fingerprint density at radius 2 is 2.24 bits per heavy atom. The molecule has 1 fully saturated rings. The molecule has 114 valence electrons. The van der Waals surface area contributed by atoms with Gasteiger partial charge < -0.3 is 14.7 Å². The summed E-state index contributed by atoms with van der Waals surface area (Å²) in [5.41, 5.74) is 0. The summed E-state index contributed by atoms with van der Waals surface area (Å²) < 4.78 is 6.37. The van der Waals surface area contributed by atoms with Crippen LogP contribution in [-0.2, 0) is 9.59 Å². The van der Waals surface area contributed by atoms with Crippen molar-refractivity contribution in [2.75, 3.05) is 19.7 Å². The fraction of sp³-hybridized carbons (Fsp3) is 0.467. The van der Waals surface area contributed by atoms with Gasteiger partial charge in [-0.05, 0) is 30.5 Å². The summed E-state index contributed by atoms with van der Waals surface area (Å²) >= 11 is 3.34. The highest BCUT2D eigenvalue weighted by atomic mass is 79.9. The van der Waals surface area contributed by atoms with Crippen LogP contribution < -0.4 is 4.74 Å². The largest absolute Gasteiger partial charge is 0.484 e. The van der Waals surface area contributed by atoms with Crippen LogP contribution in [0, 0.1) is 11.8 Å². The van der Waals surface area contributed by atoms with E-state index >= 15 is 0 Å². The highest BCUT2D eigenvalue weighted by molar-refractivity contribution is 9.10. The van der Waals surface area contributed by atoms with Gasteiger partial charge in [-0.2, -0.15) is 0 Å². The van der Waals surface area contributed by atoms with E-state index in [0.29, 0.717) is 25.3 Å². The first kappa shape index (κ1) is 15.8. The van der Waals surface area contributed by atoms with Gasteiger partial charge in [-0.25, -0.2) is 0 Å². The molecular formula is C15H18BrNO4. The molecule has 21 heavy (non-hydrogen) atoms. The molecule has 0 bridgehead atoms. The number of carboxylic acids is 1. The van der Waals surface area contributed by atoms with Crippen molar-refractivity contribution in [1.82, 2.24) is 4.90 Å². The quantitative estimate of drug-likeness (QED) is 0.900. The zero-order valence-corrected chi connectivity index (χ0v) is 13.4. The van der Waals surface area contributed by atoms with Gasteiger partial charge in [0.25, 0.3) is 5.91 Å². The number of nitrogens with zero attached hydrogens (tertiary/aromatic N) is 1. The van der Waals surface area contributed by atoms with Gasteiger partial charge in [0, 0.05) is 17.6 Å². The number of ether oxygens (including phenoxy) is 1. The van der Waals surface area contributed by atoms with E-state index in [9.17, 15) is 9.59 Å². The number of carbonyl (C=O) groups is 2. The molecule has 0 aliphatic carbocycles. The summed E-state index contributed by atoms with van der Waals surface area (Å²) in [6.07, 6.45) is 0.499. The van der Waals surface area contributed by atoms with E-state index in [1.54, 1.807) is 17.0 Å². The average molecular weight is 356 g/mol. The van der Waals surface area contributed by atoms with E-state index in [1.807, 2.05) is 19.1 Å². The van der Waals surface area contributed by atoms with Crippen LogP contribution in [0.3, 0.4) is 0 Å². The van der Waals surface area contributed by atoms with Crippen LogP contribution in [0.4, 0.5) is 0 Å². The lowest BCUT2D eigenvalue weighted by Crippen LogP contribution is -2.46. The molecule has 1 N–H and O–H groups in total. The van der Waals surface area contributed by atoms with Gasteiger partial charge in [-0.3, -0.25) is 9.59 Å². The predicted octanol–water partition coefficient (Wildman–Crippen LogP) is 2.40. The number of hydrogen-bond donors (Lipinski definition) is 1. The van der Waals surface area contributed by atoms with Gasteiger partial charge in [0.05, 0.1) is 5.92 Å². The minimum atomic E-state index is -0.778. The molecule has 1 saturated heterocycles. The molecule has 1 aromatic carbocycles. The molecular weight excluding hydrogens is 338 g/mol. The Labute approximate surface area is 132 Å². The minimum absolute atomic E-state index is 0.0269. The summed E-state index contributed by atoms with van der Waals surface area (Å²) in [6, 6.07) is 7.31. The second-order valence-corrected chi connectivity index (χ2v) is 6.21. The van der Waals surface area contributed by atoms with E-state index in [4.69, 9.17) is 9.84 Å². The number of hydrogen-bond acceptors (Lipinski definition) is 3. The monoisotopic (exact) mass is 355 g/mol. The molecule has 0 radical (unpaired) electrons. The van der Waals surface area contributed by atoms with Crippen molar-refractivity contribution in [3.05, 3.63) is 28.7 Å². The lowest BCUT2D eigenvalue weighted by Gasteiger charge is -2.34. The third-order valence-corrected chi connectivity index (χ3v) is 4.23.